The molecule has 1 saturated heterocycles. The van der Waals surface area contributed by atoms with E-state index in [1.807, 2.05) is 6.92 Å². The molecule has 0 aromatic heterocycles. The van der Waals surface area contributed by atoms with Crippen LogP contribution < -0.4 is 10.6 Å². The van der Waals surface area contributed by atoms with Crippen molar-refractivity contribution in [2.75, 3.05) is 32.7 Å². The average molecular weight is 243 g/mol. The zero-order chi connectivity index (χ0) is 12.7. The lowest BCUT2D eigenvalue weighted by molar-refractivity contribution is -0.141. The van der Waals surface area contributed by atoms with E-state index in [4.69, 9.17) is 5.11 Å². The Bertz CT molecular complexity index is 265. The third-order valence-electron chi connectivity index (χ3n) is 2.89. The van der Waals surface area contributed by atoms with E-state index in [1.165, 1.54) is 0 Å². The van der Waals surface area contributed by atoms with Crippen LogP contribution in [0.3, 0.4) is 0 Å². The summed E-state index contributed by atoms with van der Waals surface area (Å²) in [6.07, 6.45) is 1.40. The van der Waals surface area contributed by atoms with Crippen molar-refractivity contribution in [3.05, 3.63) is 0 Å². The molecule has 1 heterocycles. The maximum absolute atomic E-state index is 11.7. The molecule has 1 rings (SSSR count). The summed E-state index contributed by atoms with van der Waals surface area (Å²) < 4.78 is 0. The summed E-state index contributed by atoms with van der Waals surface area (Å²) in [5.74, 6) is -1.32. The topological polar surface area (TPSA) is 81.7 Å². The van der Waals surface area contributed by atoms with E-state index in [2.05, 4.69) is 10.6 Å². The Morgan fingerprint density at radius 2 is 2.06 bits per heavy atom. The summed E-state index contributed by atoms with van der Waals surface area (Å²) in [6.45, 7) is 5.10. The van der Waals surface area contributed by atoms with Crippen molar-refractivity contribution >= 4 is 12.0 Å². The fourth-order valence-corrected chi connectivity index (χ4v) is 1.85. The minimum Gasteiger partial charge on any atom is -0.481 e. The second-order valence-electron chi connectivity index (χ2n) is 4.25. The zero-order valence-corrected chi connectivity index (χ0v) is 10.2. The summed E-state index contributed by atoms with van der Waals surface area (Å²) in [5, 5.41) is 14.8. The number of carboxylic acids is 1. The van der Waals surface area contributed by atoms with Crippen LogP contribution in [0.5, 0.6) is 0 Å². The first-order valence-electron chi connectivity index (χ1n) is 6.11. The predicted molar refractivity (Wildman–Crippen MR) is 63.9 cm³/mol. The maximum atomic E-state index is 11.7. The number of carbonyl (C=O) groups excluding carboxylic acids is 1. The van der Waals surface area contributed by atoms with Gasteiger partial charge in [0.05, 0.1) is 5.92 Å². The summed E-state index contributed by atoms with van der Waals surface area (Å²) in [7, 11) is 0. The molecule has 0 aliphatic carbocycles. The number of amides is 2. The lowest BCUT2D eigenvalue weighted by atomic mass is 10.0. The van der Waals surface area contributed by atoms with Gasteiger partial charge in [-0.3, -0.25) is 4.79 Å². The average Bonchev–Trinajstić information content (AvgIpc) is 2.34. The molecule has 1 aliphatic rings. The Labute approximate surface area is 101 Å². The number of hydrogen-bond acceptors (Lipinski definition) is 3. The molecule has 1 atom stereocenters. The highest BCUT2D eigenvalue weighted by molar-refractivity contribution is 5.76. The molecule has 0 aromatic carbocycles. The van der Waals surface area contributed by atoms with Gasteiger partial charge in [-0.1, -0.05) is 13.3 Å². The third kappa shape index (κ3) is 4.60. The van der Waals surface area contributed by atoms with Gasteiger partial charge in [0.15, 0.2) is 0 Å². The molecule has 0 aromatic rings. The molecule has 0 saturated carbocycles. The highest BCUT2D eigenvalue weighted by Crippen LogP contribution is 2.05. The molecule has 0 spiro atoms. The molecular formula is C11H21N3O3. The van der Waals surface area contributed by atoms with Crippen LogP contribution in [-0.4, -0.2) is 54.7 Å². The lowest BCUT2D eigenvalue weighted by Crippen LogP contribution is -2.51. The summed E-state index contributed by atoms with van der Waals surface area (Å²) in [6, 6.07) is -0.158. The van der Waals surface area contributed by atoms with Crippen LogP contribution in [0.1, 0.15) is 19.8 Å². The second-order valence-corrected chi connectivity index (χ2v) is 4.25. The highest BCUT2D eigenvalue weighted by atomic mass is 16.4. The van der Waals surface area contributed by atoms with E-state index < -0.39 is 11.9 Å². The Morgan fingerprint density at radius 3 is 2.59 bits per heavy atom. The molecule has 0 radical (unpaired) electrons. The number of carbonyl (C=O) groups is 2. The van der Waals surface area contributed by atoms with Gasteiger partial charge in [0, 0.05) is 32.7 Å². The number of nitrogens with one attached hydrogen (secondary N) is 2. The molecule has 6 nitrogen and oxygen atoms in total. The molecule has 0 bridgehead atoms. The highest BCUT2D eigenvalue weighted by Gasteiger charge is 2.20. The van der Waals surface area contributed by atoms with Crippen molar-refractivity contribution in [1.82, 2.24) is 15.5 Å². The number of piperazine rings is 1. The minimum absolute atomic E-state index is 0.158. The van der Waals surface area contributed by atoms with Gasteiger partial charge in [0.25, 0.3) is 0 Å². The fourth-order valence-electron chi connectivity index (χ4n) is 1.85. The van der Waals surface area contributed by atoms with E-state index in [1.54, 1.807) is 4.90 Å². The molecular weight excluding hydrogens is 222 g/mol. The number of rotatable bonds is 5. The minimum atomic E-state index is -0.840. The molecule has 1 aliphatic heterocycles. The maximum Gasteiger partial charge on any atom is 0.317 e. The van der Waals surface area contributed by atoms with Crippen molar-refractivity contribution in [3.8, 4) is 0 Å². The smallest absolute Gasteiger partial charge is 0.317 e. The van der Waals surface area contributed by atoms with Crippen LogP contribution in [0, 0.1) is 5.92 Å². The van der Waals surface area contributed by atoms with E-state index in [9.17, 15) is 9.59 Å². The lowest BCUT2D eigenvalue weighted by Gasteiger charge is -2.28. The van der Waals surface area contributed by atoms with Crippen molar-refractivity contribution in [2.45, 2.75) is 19.8 Å². The first-order valence-corrected chi connectivity index (χ1v) is 6.11. The van der Waals surface area contributed by atoms with Gasteiger partial charge in [-0.25, -0.2) is 4.79 Å². The molecule has 2 amide bonds. The second kappa shape index (κ2) is 7.11. The van der Waals surface area contributed by atoms with Crippen LogP contribution in [0.2, 0.25) is 0 Å². The fraction of sp³-hybridized carbons (Fsp3) is 0.818. The van der Waals surface area contributed by atoms with Crippen molar-refractivity contribution in [3.63, 3.8) is 0 Å². The Balaban J connectivity index is 2.32. The van der Waals surface area contributed by atoms with Gasteiger partial charge < -0.3 is 20.6 Å². The summed E-state index contributed by atoms with van der Waals surface area (Å²) >= 11 is 0. The monoisotopic (exact) mass is 243 g/mol. The first-order chi connectivity index (χ1) is 8.15. The van der Waals surface area contributed by atoms with Gasteiger partial charge in [-0.15, -0.1) is 0 Å². The third-order valence-corrected chi connectivity index (χ3v) is 2.89. The van der Waals surface area contributed by atoms with Crippen LogP contribution in [-0.2, 0) is 4.79 Å². The molecule has 98 valence electrons. The first kappa shape index (κ1) is 13.8. The molecule has 1 fully saturated rings. The van der Waals surface area contributed by atoms with Gasteiger partial charge in [-0.2, -0.15) is 0 Å². The number of nitrogens with zero attached hydrogens (tertiary/aromatic N) is 1. The number of hydrogen-bond donors (Lipinski definition) is 3. The van der Waals surface area contributed by atoms with Crippen LogP contribution in [0.25, 0.3) is 0 Å². The largest absolute Gasteiger partial charge is 0.481 e. The molecule has 1 unspecified atom stereocenters. The Hall–Kier alpha value is -1.30. The quantitative estimate of drug-likeness (QED) is 0.640. The van der Waals surface area contributed by atoms with Gasteiger partial charge in [-0.05, 0) is 6.42 Å². The standard InChI is InChI=1S/C11H21N3O3/c1-2-3-9(10(15)16)8-13-11(17)14-6-4-12-5-7-14/h9,12H,2-8H2,1H3,(H,13,17)(H,15,16). The van der Waals surface area contributed by atoms with Crippen LogP contribution >= 0.6 is 0 Å². The van der Waals surface area contributed by atoms with Crippen LogP contribution in [0.15, 0.2) is 0 Å². The van der Waals surface area contributed by atoms with Crippen LogP contribution in [0.4, 0.5) is 4.79 Å². The number of carboxylic acid groups (broad SMARTS) is 1. The van der Waals surface area contributed by atoms with E-state index in [0.29, 0.717) is 19.5 Å². The molecule has 3 N–H and O–H groups in total. The summed E-state index contributed by atoms with van der Waals surface area (Å²) in [4.78, 5) is 24.3. The number of urea groups is 1. The van der Waals surface area contributed by atoms with Crippen molar-refractivity contribution in [1.29, 1.82) is 0 Å². The predicted octanol–water partition coefficient (Wildman–Crippen LogP) is 0.102. The SMILES string of the molecule is CCCC(CNC(=O)N1CCNCC1)C(=O)O. The van der Waals surface area contributed by atoms with Crippen molar-refractivity contribution in [2.24, 2.45) is 5.92 Å². The number of aliphatic carboxylic acids is 1. The van der Waals surface area contributed by atoms with Gasteiger partial charge >= 0.3 is 12.0 Å². The summed E-state index contributed by atoms with van der Waals surface area (Å²) in [5.41, 5.74) is 0. The van der Waals surface area contributed by atoms with E-state index in [0.717, 1.165) is 19.5 Å². The van der Waals surface area contributed by atoms with Gasteiger partial charge in [0.2, 0.25) is 0 Å². The van der Waals surface area contributed by atoms with E-state index in [-0.39, 0.29) is 12.6 Å². The van der Waals surface area contributed by atoms with Crippen molar-refractivity contribution < 1.29 is 14.7 Å². The molecule has 17 heavy (non-hydrogen) atoms. The van der Waals surface area contributed by atoms with Gasteiger partial charge in [0.1, 0.15) is 0 Å². The zero-order valence-electron chi connectivity index (χ0n) is 10.2. The Kier molecular flexibility index (Phi) is 5.76. The normalized spacial score (nSPS) is 17.6. The Morgan fingerprint density at radius 1 is 1.41 bits per heavy atom. The van der Waals surface area contributed by atoms with E-state index >= 15 is 0 Å². The molecule has 6 heteroatoms.